The standard InChI is InChI=1S/C9H13NO2.C9H16O2.C8H14O3.C7H11NO.4C2H6.CH4.B4.B3.B/c1-2-12-8(11)9(6-7-10)4-3-5-9;1-3-9(6-5-7-9)8(10)11-4-2;1-2-11-7(10)8(6-9)4-3-5-8;9-6-7(2-1-3-7)4-5-8-6;4*1-2;;1-4(2)3;1-3-2;/h2-6H2,1H3;3-7H2,1-2H3;9H,2-6H2,1H3;1-5H2,(H,8,9);4*1-2H3;1H4;;;. The Morgan fingerprint density at radius 2 is 0.983 bits per heavy atom. The van der Waals surface area contributed by atoms with Gasteiger partial charge in [0.25, 0.3) is 0 Å². The van der Waals surface area contributed by atoms with Gasteiger partial charge in [0.15, 0.2) is 0 Å². The first-order valence-electron chi connectivity index (χ1n) is 22.0. The number of carbonyl (C=O) groups is 4. The molecule has 0 bridgehead atoms. The Morgan fingerprint density at radius 1 is 0.683 bits per heavy atom. The lowest BCUT2D eigenvalue weighted by Crippen LogP contribution is -2.42. The van der Waals surface area contributed by atoms with Crippen LogP contribution in [0, 0.1) is 33.0 Å². The van der Waals surface area contributed by atoms with Crippen molar-refractivity contribution in [3.8, 4) is 6.07 Å². The van der Waals surface area contributed by atoms with E-state index in [1.54, 1.807) is 13.8 Å². The van der Waals surface area contributed by atoms with Gasteiger partial charge in [0.2, 0.25) is 5.91 Å². The lowest BCUT2D eigenvalue weighted by Gasteiger charge is -2.38. The van der Waals surface area contributed by atoms with E-state index < -0.39 is 17.2 Å². The molecule has 0 aromatic heterocycles. The lowest BCUT2D eigenvalue weighted by atomic mass is 9.08. The van der Waals surface area contributed by atoms with Gasteiger partial charge in [-0.3, -0.25) is 19.2 Å². The highest BCUT2D eigenvalue weighted by molar-refractivity contribution is 7.49. The Bertz CT molecular complexity index is 1020. The molecule has 332 valence electrons. The number of nitriles is 1. The molecule has 1 amide bonds. The van der Waals surface area contributed by atoms with Crippen molar-refractivity contribution in [1.82, 2.24) is 5.32 Å². The number of esters is 3. The van der Waals surface area contributed by atoms with Crippen LogP contribution in [0.3, 0.4) is 0 Å². The number of amides is 1. The van der Waals surface area contributed by atoms with E-state index in [1.165, 1.54) is 12.8 Å². The van der Waals surface area contributed by atoms with Gasteiger partial charge < -0.3 is 24.6 Å². The minimum Gasteiger partial charge on any atom is -0.466 e. The molecule has 5 aliphatic rings. The number of nitrogens with one attached hydrogen (secondary N) is 1. The third-order valence-corrected chi connectivity index (χ3v) is 10.1. The first-order valence-corrected chi connectivity index (χ1v) is 22.0. The molecule has 18 heteroatoms. The largest absolute Gasteiger partial charge is 0.466 e. The quantitative estimate of drug-likeness (QED) is 0.145. The Morgan fingerprint density at radius 3 is 1.15 bits per heavy atom. The smallest absolute Gasteiger partial charge is 0.314 e. The molecule has 0 atom stereocenters. The predicted molar refractivity (Wildman–Crippen MR) is 258 cm³/mol. The maximum absolute atomic E-state index is 11.4. The number of hydrogen-bond acceptors (Lipinski definition) is 9. The van der Waals surface area contributed by atoms with Crippen molar-refractivity contribution in [3.63, 3.8) is 0 Å². The van der Waals surface area contributed by atoms with Crippen LogP contribution in [0.1, 0.15) is 187 Å². The molecular weight excluding hydrogens is 747 g/mol. The van der Waals surface area contributed by atoms with Crippen molar-refractivity contribution >= 4 is 84.4 Å². The van der Waals surface area contributed by atoms with Gasteiger partial charge in [-0.15, -0.1) is 0 Å². The summed E-state index contributed by atoms with van der Waals surface area (Å²) in [4.78, 5) is 45.0. The average molecular weight is 830 g/mol. The maximum atomic E-state index is 11.4. The van der Waals surface area contributed by atoms with E-state index in [-0.39, 0.29) is 51.2 Å². The van der Waals surface area contributed by atoms with Crippen molar-refractivity contribution in [2.75, 3.05) is 33.0 Å². The fraction of sp³-hybridized carbons (Fsp3) is 0.881. The van der Waals surface area contributed by atoms with Crippen molar-refractivity contribution in [2.45, 2.75) is 187 Å². The Balaban J connectivity index is -0.000000112. The summed E-state index contributed by atoms with van der Waals surface area (Å²) in [6, 6.07) is 2.05. The van der Waals surface area contributed by atoms with Gasteiger partial charge in [-0.25, -0.2) is 0 Å². The number of rotatable bonds is 9. The Labute approximate surface area is 379 Å². The minimum absolute atomic E-state index is 0. The topological polar surface area (TPSA) is 152 Å². The zero-order valence-corrected chi connectivity index (χ0v) is 39.5. The number of carbonyl (C=O) groups excluding carboxylic acids is 4. The van der Waals surface area contributed by atoms with Crippen LogP contribution < -0.4 is 5.32 Å². The van der Waals surface area contributed by atoms with E-state index in [9.17, 15) is 19.2 Å². The van der Waals surface area contributed by atoms with Crippen LogP contribution in [0.25, 0.3) is 0 Å². The monoisotopic (exact) mass is 831 g/mol. The molecule has 0 aromatic carbocycles. The van der Waals surface area contributed by atoms with Crippen molar-refractivity contribution < 1.29 is 38.5 Å². The second-order valence-electron chi connectivity index (χ2n) is 13.3. The zero-order chi connectivity index (χ0) is 46.3. The normalized spacial score (nSPS) is 16.8. The van der Waals surface area contributed by atoms with E-state index in [0.717, 1.165) is 90.7 Å². The van der Waals surface area contributed by atoms with Crippen LogP contribution in [0.2, 0.25) is 0 Å². The van der Waals surface area contributed by atoms with Gasteiger partial charge in [-0.2, -0.15) is 5.26 Å². The molecule has 10 nitrogen and oxygen atoms in total. The molecule has 5 fully saturated rings. The van der Waals surface area contributed by atoms with Crippen LogP contribution in [-0.4, -0.2) is 122 Å². The molecule has 0 aromatic rings. The van der Waals surface area contributed by atoms with Gasteiger partial charge in [0.05, 0.1) is 60.6 Å². The summed E-state index contributed by atoms with van der Waals surface area (Å²) in [6.45, 7) is 25.7. The highest BCUT2D eigenvalue weighted by Gasteiger charge is 2.47. The summed E-state index contributed by atoms with van der Waals surface area (Å²) in [5.41, 5.74) is -0.934. The Kier molecular flexibility index (Phi) is 54.1. The molecule has 4 aliphatic carbocycles. The fourth-order valence-corrected chi connectivity index (χ4v) is 6.19. The fourth-order valence-electron chi connectivity index (χ4n) is 6.19. The summed E-state index contributed by atoms with van der Waals surface area (Å²) >= 11 is 0. The number of ether oxygens (including phenoxy) is 3. The molecule has 4 saturated carbocycles. The molecule has 60 heavy (non-hydrogen) atoms. The summed E-state index contributed by atoms with van der Waals surface area (Å²) in [6.07, 6.45) is 13.7. The van der Waals surface area contributed by atoms with Gasteiger partial charge in [-0.1, -0.05) is 95.4 Å². The molecular formula is C42H82B8N2O8. The van der Waals surface area contributed by atoms with Gasteiger partial charge >= 0.3 is 17.9 Å². The molecule has 0 unspecified atom stereocenters. The third-order valence-electron chi connectivity index (χ3n) is 10.1. The van der Waals surface area contributed by atoms with Crippen LogP contribution in [0.5, 0.6) is 0 Å². The average Bonchev–Trinajstić information content (AvgIpc) is 3.56. The summed E-state index contributed by atoms with van der Waals surface area (Å²) in [5.74, 6) is -0.0750. The SMILES string of the molecule is C.CC.CC.CC.CC.CCOC(=O)C1(CC#N)CCC1.CCOC(=O)C1(CC)CCC1.CCOC(=O)C1(CO)CCC1.O=C1NCCC12CCC2.[B].[B]B([B])[B].[B][B][B]. The van der Waals surface area contributed by atoms with E-state index >= 15 is 0 Å². The first-order chi connectivity index (χ1) is 27.7. The molecule has 1 spiro atoms. The third kappa shape index (κ3) is 26.4. The maximum Gasteiger partial charge on any atom is 0.314 e. The van der Waals surface area contributed by atoms with E-state index in [1.807, 2.05) is 68.4 Å². The minimum atomic E-state index is -0.667. The highest BCUT2D eigenvalue weighted by atomic mass is 16.5. The van der Waals surface area contributed by atoms with E-state index in [4.69, 9.17) is 24.6 Å². The summed E-state index contributed by atoms with van der Waals surface area (Å²) in [5, 5.41) is 20.3. The van der Waals surface area contributed by atoms with Gasteiger partial charge in [0, 0.05) is 67.1 Å². The molecule has 1 aliphatic heterocycles. The predicted octanol–water partition coefficient (Wildman–Crippen LogP) is 6.85. The van der Waals surface area contributed by atoms with Crippen LogP contribution >= 0.6 is 0 Å². The lowest BCUT2D eigenvalue weighted by molar-refractivity contribution is -0.164. The summed E-state index contributed by atoms with van der Waals surface area (Å²) < 4.78 is 14.8. The molecule has 2 N–H and O–H groups in total. The molecule has 14 radical (unpaired) electrons. The summed E-state index contributed by atoms with van der Waals surface area (Å²) in [7, 11) is 24.0. The van der Waals surface area contributed by atoms with Gasteiger partial charge in [-0.05, 0) is 85.0 Å². The van der Waals surface area contributed by atoms with Crippen molar-refractivity contribution in [2.24, 2.45) is 21.7 Å². The van der Waals surface area contributed by atoms with Crippen molar-refractivity contribution in [1.29, 1.82) is 5.26 Å². The first kappa shape index (κ1) is 72.3. The number of nitrogens with zero attached hydrogens (tertiary/aromatic N) is 1. The van der Waals surface area contributed by atoms with E-state index in [2.05, 4.69) is 50.9 Å². The van der Waals surface area contributed by atoms with Crippen LogP contribution in [0.15, 0.2) is 0 Å². The molecule has 1 heterocycles. The molecule has 1 saturated heterocycles. The number of aliphatic hydroxyl groups excluding tert-OH is 1. The van der Waals surface area contributed by atoms with Crippen LogP contribution in [-0.2, 0) is 33.4 Å². The zero-order valence-electron chi connectivity index (χ0n) is 39.5. The second-order valence-corrected chi connectivity index (χ2v) is 13.3. The number of aliphatic hydroxyl groups is 1. The second kappa shape index (κ2) is 44.9. The van der Waals surface area contributed by atoms with Gasteiger partial charge in [0.1, 0.15) is 0 Å². The van der Waals surface area contributed by atoms with Crippen LogP contribution in [0.4, 0.5) is 0 Å². The number of hydrogen-bond donors (Lipinski definition) is 2. The highest BCUT2D eigenvalue weighted by Crippen LogP contribution is 2.47. The molecule has 5 rings (SSSR count). The van der Waals surface area contributed by atoms with Crippen molar-refractivity contribution in [3.05, 3.63) is 0 Å². The van der Waals surface area contributed by atoms with E-state index in [0.29, 0.717) is 32.1 Å². The Hall–Kier alpha value is -2.15.